The van der Waals surface area contributed by atoms with E-state index in [1.54, 1.807) is 7.11 Å². The van der Waals surface area contributed by atoms with Crippen LogP contribution < -0.4 is 4.74 Å². The Labute approximate surface area is 119 Å². The lowest BCUT2D eigenvalue weighted by Crippen LogP contribution is -1.94. The van der Waals surface area contributed by atoms with Crippen molar-refractivity contribution in [1.29, 1.82) is 5.26 Å². The molecule has 0 atom stereocenters. The second-order valence-electron chi connectivity index (χ2n) is 4.60. The van der Waals surface area contributed by atoms with E-state index in [2.05, 4.69) is 6.07 Å². The zero-order valence-corrected chi connectivity index (χ0v) is 11.7. The number of rotatable bonds is 5. The van der Waals surface area contributed by atoms with Crippen molar-refractivity contribution < 1.29 is 9.47 Å². The van der Waals surface area contributed by atoms with Gasteiger partial charge in [0.1, 0.15) is 17.6 Å². The fourth-order valence-corrected chi connectivity index (χ4v) is 1.89. The number of methoxy groups -OCH3 is 1. The molecular weight excluding hydrogens is 250 g/mol. The molecule has 0 saturated heterocycles. The minimum absolute atomic E-state index is 0.549. The van der Waals surface area contributed by atoms with Gasteiger partial charge in [-0.2, -0.15) is 5.26 Å². The highest BCUT2D eigenvalue weighted by Crippen LogP contribution is 2.26. The molecule has 0 aliphatic carbocycles. The first-order valence-corrected chi connectivity index (χ1v) is 6.49. The molecule has 0 fully saturated rings. The summed E-state index contributed by atoms with van der Waals surface area (Å²) in [5.41, 5.74) is 2.79. The quantitative estimate of drug-likeness (QED) is 0.826. The van der Waals surface area contributed by atoms with Crippen LogP contribution >= 0.6 is 0 Å². The molecule has 0 aromatic heterocycles. The molecule has 0 unspecified atom stereocenters. The molecule has 0 N–H and O–H groups in total. The van der Waals surface area contributed by atoms with Crippen LogP contribution in [0.2, 0.25) is 0 Å². The average molecular weight is 267 g/mol. The van der Waals surface area contributed by atoms with Crippen LogP contribution in [0, 0.1) is 18.3 Å². The molecule has 2 aromatic rings. The largest absolute Gasteiger partial charge is 0.456 e. The van der Waals surface area contributed by atoms with Crippen molar-refractivity contribution >= 4 is 0 Å². The third-order valence-electron chi connectivity index (χ3n) is 3.00. The topological polar surface area (TPSA) is 42.2 Å². The number of benzene rings is 2. The summed E-state index contributed by atoms with van der Waals surface area (Å²) in [6.45, 7) is 2.66. The van der Waals surface area contributed by atoms with Gasteiger partial charge in [-0.3, -0.25) is 0 Å². The zero-order valence-electron chi connectivity index (χ0n) is 11.7. The number of ether oxygens (including phenoxy) is 2. The Balaban J connectivity index is 2.12. The van der Waals surface area contributed by atoms with E-state index in [9.17, 15) is 0 Å². The second kappa shape index (κ2) is 6.74. The van der Waals surface area contributed by atoms with Crippen LogP contribution in [0.5, 0.6) is 11.5 Å². The maximum atomic E-state index is 9.12. The molecule has 0 bridgehead atoms. The van der Waals surface area contributed by atoms with Crippen LogP contribution in [0.25, 0.3) is 0 Å². The van der Waals surface area contributed by atoms with Crippen LogP contribution in [0.1, 0.15) is 16.7 Å². The van der Waals surface area contributed by atoms with Gasteiger partial charge in [-0.15, -0.1) is 0 Å². The summed E-state index contributed by atoms with van der Waals surface area (Å²) in [5.74, 6) is 1.31. The predicted octanol–water partition coefficient (Wildman–Crippen LogP) is 3.85. The van der Waals surface area contributed by atoms with Gasteiger partial charge in [-0.25, -0.2) is 0 Å². The van der Waals surface area contributed by atoms with Gasteiger partial charge < -0.3 is 9.47 Å². The summed E-state index contributed by atoms with van der Waals surface area (Å²) >= 11 is 0. The summed E-state index contributed by atoms with van der Waals surface area (Å²) in [4.78, 5) is 0. The number of nitrogens with zero attached hydrogens (tertiary/aromatic N) is 1. The van der Waals surface area contributed by atoms with Crippen molar-refractivity contribution in [3.8, 4) is 17.6 Å². The van der Waals surface area contributed by atoms with Crippen LogP contribution in [0.3, 0.4) is 0 Å². The number of hydrogen-bond acceptors (Lipinski definition) is 3. The Morgan fingerprint density at radius 3 is 2.50 bits per heavy atom. The van der Waals surface area contributed by atoms with E-state index in [1.807, 2.05) is 49.4 Å². The average Bonchev–Trinajstić information content (AvgIpc) is 2.48. The maximum Gasteiger partial charge on any atom is 0.145 e. The van der Waals surface area contributed by atoms with Gasteiger partial charge in [-0.05, 0) is 48.7 Å². The number of aryl methyl sites for hydroxylation is 1. The molecule has 0 radical (unpaired) electrons. The minimum atomic E-state index is 0.549. The molecule has 102 valence electrons. The SMILES string of the molecule is COCCc1ccc(Oc2ccc(C)cc2C#N)cc1. The van der Waals surface area contributed by atoms with Gasteiger partial charge in [0.05, 0.1) is 12.2 Å². The van der Waals surface area contributed by atoms with E-state index in [1.165, 1.54) is 5.56 Å². The lowest BCUT2D eigenvalue weighted by atomic mass is 10.1. The zero-order chi connectivity index (χ0) is 14.4. The van der Waals surface area contributed by atoms with Crippen molar-refractivity contribution in [2.75, 3.05) is 13.7 Å². The fraction of sp³-hybridized carbons (Fsp3) is 0.235. The van der Waals surface area contributed by atoms with E-state index in [-0.39, 0.29) is 0 Å². The molecule has 0 aliphatic heterocycles. The first kappa shape index (κ1) is 14.1. The number of hydrogen-bond donors (Lipinski definition) is 0. The van der Waals surface area contributed by atoms with E-state index < -0.39 is 0 Å². The minimum Gasteiger partial charge on any atom is -0.456 e. The van der Waals surface area contributed by atoms with E-state index in [0.717, 1.165) is 17.7 Å². The summed E-state index contributed by atoms with van der Waals surface area (Å²) in [7, 11) is 1.69. The monoisotopic (exact) mass is 267 g/mol. The van der Waals surface area contributed by atoms with Gasteiger partial charge in [-0.1, -0.05) is 18.2 Å². The molecule has 0 amide bonds. The Morgan fingerprint density at radius 2 is 1.85 bits per heavy atom. The lowest BCUT2D eigenvalue weighted by Gasteiger charge is -2.09. The predicted molar refractivity (Wildman–Crippen MR) is 78.0 cm³/mol. The van der Waals surface area contributed by atoms with Gasteiger partial charge in [0.15, 0.2) is 0 Å². The third-order valence-corrected chi connectivity index (χ3v) is 3.00. The van der Waals surface area contributed by atoms with Gasteiger partial charge in [0, 0.05) is 7.11 Å². The molecule has 0 heterocycles. The van der Waals surface area contributed by atoms with E-state index in [0.29, 0.717) is 17.9 Å². The Morgan fingerprint density at radius 1 is 1.10 bits per heavy atom. The van der Waals surface area contributed by atoms with Crippen molar-refractivity contribution in [1.82, 2.24) is 0 Å². The maximum absolute atomic E-state index is 9.12. The Hall–Kier alpha value is -2.31. The molecule has 3 nitrogen and oxygen atoms in total. The molecule has 0 spiro atoms. The van der Waals surface area contributed by atoms with Crippen LogP contribution in [0.4, 0.5) is 0 Å². The van der Waals surface area contributed by atoms with Crippen LogP contribution in [-0.4, -0.2) is 13.7 Å². The van der Waals surface area contributed by atoms with Crippen molar-refractivity contribution in [2.45, 2.75) is 13.3 Å². The lowest BCUT2D eigenvalue weighted by molar-refractivity contribution is 0.202. The van der Waals surface area contributed by atoms with Crippen molar-refractivity contribution in [3.63, 3.8) is 0 Å². The van der Waals surface area contributed by atoms with Gasteiger partial charge in [0.2, 0.25) is 0 Å². The molecule has 0 aliphatic rings. The molecule has 20 heavy (non-hydrogen) atoms. The number of nitriles is 1. The fourth-order valence-electron chi connectivity index (χ4n) is 1.89. The third kappa shape index (κ3) is 3.59. The first-order valence-electron chi connectivity index (χ1n) is 6.49. The van der Waals surface area contributed by atoms with Crippen LogP contribution in [0.15, 0.2) is 42.5 Å². The van der Waals surface area contributed by atoms with Gasteiger partial charge in [0.25, 0.3) is 0 Å². The second-order valence-corrected chi connectivity index (χ2v) is 4.60. The summed E-state index contributed by atoms with van der Waals surface area (Å²) in [6, 6.07) is 15.6. The summed E-state index contributed by atoms with van der Waals surface area (Å²) in [6.07, 6.45) is 0.880. The molecule has 0 saturated carbocycles. The normalized spacial score (nSPS) is 10.1. The van der Waals surface area contributed by atoms with Gasteiger partial charge >= 0.3 is 0 Å². The van der Waals surface area contributed by atoms with Crippen LogP contribution in [-0.2, 0) is 11.2 Å². The first-order chi connectivity index (χ1) is 9.72. The molecule has 2 aromatic carbocycles. The van der Waals surface area contributed by atoms with E-state index in [4.69, 9.17) is 14.7 Å². The Bertz CT molecular complexity index is 612. The molecular formula is C17H17NO2. The standard InChI is InChI=1S/C17H17NO2/c1-13-3-8-17(15(11-13)12-18)20-16-6-4-14(5-7-16)9-10-19-2/h3-8,11H,9-10H2,1-2H3. The highest BCUT2D eigenvalue weighted by molar-refractivity contribution is 5.47. The summed E-state index contributed by atoms with van der Waals surface area (Å²) in [5, 5.41) is 9.12. The highest BCUT2D eigenvalue weighted by atomic mass is 16.5. The van der Waals surface area contributed by atoms with Crippen molar-refractivity contribution in [2.24, 2.45) is 0 Å². The molecule has 2 rings (SSSR count). The summed E-state index contributed by atoms with van der Waals surface area (Å²) < 4.78 is 10.8. The highest BCUT2D eigenvalue weighted by Gasteiger charge is 2.05. The van der Waals surface area contributed by atoms with Crippen molar-refractivity contribution in [3.05, 3.63) is 59.2 Å². The van der Waals surface area contributed by atoms with E-state index >= 15 is 0 Å². The molecule has 3 heteroatoms. The smallest absolute Gasteiger partial charge is 0.145 e. The Kier molecular flexibility index (Phi) is 4.75.